The number of nitrogens with one attached hydrogen (secondary N) is 2. The van der Waals surface area contributed by atoms with Crippen molar-refractivity contribution >= 4 is 5.91 Å². The van der Waals surface area contributed by atoms with Crippen LogP contribution in [0, 0.1) is 0 Å². The fourth-order valence-electron chi connectivity index (χ4n) is 1.61. The van der Waals surface area contributed by atoms with E-state index in [0.29, 0.717) is 6.54 Å². The highest BCUT2D eigenvalue weighted by Crippen LogP contribution is 2.12. The Kier molecular flexibility index (Phi) is 7.66. The van der Waals surface area contributed by atoms with Gasteiger partial charge in [-0.3, -0.25) is 4.79 Å². The summed E-state index contributed by atoms with van der Waals surface area (Å²) in [4.78, 5) is 11.5. The summed E-state index contributed by atoms with van der Waals surface area (Å²) in [5.41, 5.74) is 1.26. The molecule has 0 aliphatic rings. The van der Waals surface area contributed by atoms with E-state index in [1.54, 1.807) is 0 Å². The molecule has 1 amide bonds. The smallest absolute Gasteiger partial charge is 0.257 e. The maximum atomic E-state index is 11.5. The third kappa shape index (κ3) is 6.82. The van der Waals surface area contributed by atoms with E-state index in [9.17, 15) is 4.79 Å². The minimum absolute atomic E-state index is 0.0687. The van der Waals surface area contributed by atoms with E-state index in [4.69, 9.17) is 4.74 Å². The van der Waals surface area contributed by atoms with Gasteiger partial charge in [-0.15, -0.1) is 0 Å². The maximum absolute atomic E-state index is 11.5. The molecule has 0 spiro atoms. The second kappa shape index (κ2) is 9.39. The van der Waals surface area contributed by atoms with E-state index in [1.165, 1.54) is 5.56 Å². The Hall–Kier alpha value is -1.55. The Bertz CT molecular complexity index is 363. The lowest BCUT2D eigenvalue weighted by Crippen LogP contribution is -2.34. The zero-order chi connectivity index (χ0) is 13.9. The van der Waals surface area contributed by atoms with Crippen molar-refractivity contribution in [3.63, 3.8) is 0 Å². The average Bonchev–Trinajstić information content (AvgIpc) is 2.45. The molecule has 0 saturated carbocycles. The van der Waals surface area contributed by atoms with E-state index in [-0.39, 0.29) is 12.5 Å². The minimum Gasteiger partial charge on any atom is -0.484 e. The zero-order valence-corrected chi connectivity index (χ0v) is 11.9. The molecule has 19 heavy (non-hydrogen) atoms. The van der Waals surface area contributed by atoms with Crippen LogP contribution >= 0.6 is 0 Å². The normalized spacial score (nSPS) is 10.2. The summed E-state index contributed by atoms with van der Waals surface area (Å²) in [6, 6.07) is 7.83. The highest BCUT2D eigenvalue weighted by Gasteiger charge is 2.01. The van der Waals surface area contributed by atoms with Gasteiger partial charge in [-0.2, -0.15) is 0 Å². The quantitative estimate of drug-likeness (QED) is 0.668. The number of carbonyl (C=O) groups is 1. The van der Waals surface area contributed by atoms with E-state index >= 15 is 0 Å². The monoisotopic (exact) mass is 264 g/mol. The molecule has 0 unspecified atom stereocenters. The molecule has 0 radical (unpaired) electrons. The number of rotatable bonds is 9. The molecular formula is C15H24N2O2. The summed E-state index contributed by atoms with van der Waals surface area (Å²) >= 11 is 0. The Balaban J connectivity index is 2.15. The summed E-state index contributed by atoms with van der Waals surface area (Å²) in [6.07, 6.45) is 2.11. The van der Waals surface area contributed by atoms with Gasteiger partial charge in [0.2, 0.25) is 0 Å². The predicted molar refractivity (Wildman–Crippen MR) is 77.5 cm³/mol. The molecule has 0 fully saturated rings. The van der Waals surface area contributed by atoms with Gasteiger partial charge in [0.15, 0.2) is 6.61 Å². The molecule has 2 N–H and O–H groups in total. The topological polar surface area (TPSA) is 50.4 Å². The van der Waals surface area contributed by atoms with Crippen LogP contribution in [-0.4, -0.2) is 32.1 Å². The van der Waals surface area contributed by atoms with Crippen molar-refractivity contribution in [2.45, 2.75) is 26.7 Å². The molecule has 0 bridgehead atoms. The van der Waals surface area contributed by atoms with Crippen molar-refractivity contribution in [3.05, 3.63) is 29.8 Å². The Morgan fingerprint density at radius 3 is 2.47 bits per heavy atom. The van der Waals surface area contributed by atoms with Gasteiger partial charge in [0.05, 0.1) is 0 Å². The summed E-state index contributed by atoms with van der Waals surface area (Å²) in [6.45, 7) is 6.70. The highest BCUT2D eigenvalue weighted by atomic mass is 16.5. The summed E-state index contributed by atoms with van der Waals surface area (Å²) in [5.74, 6) is 0.648. The first-order valence-electron chi connectivity index (χ1n) is 6.95. The zero-order valence-electron chi connectivity index (χ0n) is 11.9. The highest BCUT2D eigenvalue weighted by molar-refractivity contribution is 5.77. The first-order valence-corrected chi connectivity index (χ1v) is 6.95. The van der Waals surface area contributed by atoms with Gasteiger partial charge < -0.3 is 15.4 Å². The lowest BCUT2D eigenvalue weighted by molar-refractivity contribution is -0.123. The van der Waals surface area contributed by atoms with Crippen LogP contribution in [0.15, 0.2) is 24.3 Å². The van der Waals surface area contributed by atoms with Crippen molar-refractivity contribution in [2.75, 3.05) is 26.2 Å². The summed E-state index contributed by atoms with van der Waals surface area (Å²) < 4.78 is 5.41. The lowest BCUT2D eigenvalue weighted by Gasteiger charge is -2.08. The van der Waals surface area contributed by atoms with Crippen LogP contribution in [0.4, 0.5) is 0 Å². The number of hydrogen-bond acceptors (Lipinski definition) is 3. The molecule has 0 heterocycles. The minimum atomic E-state index is -0.0853. The lowest BCUT2D eigenvalue weighted by atomic mass is 10.2. The van der Waals surface area contributed by atoms with Crippen molar-refractivity contribution in [1.82, 2.24) is 10.6 Å². The molecular weight excluding hydrogens is 240 g/mol. The van der Waals surface area contributed by atoms with Crippen molar-refractivity contribution in [3.8, 4) is 5.75 Å². The average molecular weight is 264 g/mol. The van der Waals surface area contributed by atoms with Crippen LogP contribution in [0.1, 0.15) is 25.8 Å². The molecule has 0 saturated heterocycles. The number of hydrogen-bond donors (Lipinski definition) is 2. The molecule has 0 aliphatic carbocycles. The van der Waals surface area contributed by atoms with Gasteiger partial charge in [-0.05, 0) is 37.1 Å². The molecule has 1 rings (SSSR count). The van der Waals surface area contributed by atoms with Gasteiger partial charge in [0.25, 0.3) is 5.91 Å². The number of amides is 1. The Morgan fingerprint density at radius 1 is 1.11 bits per heavy atom. The molecule has 0 aromatic heterocycles. The Morgan fingerprint density at radius 2 is 1.84 bits per heavy atom. The SMILES string of the molecule is CCCNCCNC(=O)COc1ccc(CC)cc1. The van der Waals surface area contributed by atoms with Gasteiger partial charge in [-0.25, -0.2) is 0 Å². The van der Waals surface area contributed by atoms with Gasteiger partial charge >= 0.3 is 0 Å². The fraction of sp³-hybridized carbons (Fsp3) is 0.533. The standard InChI is InChI=1S/C15H24N2O2/c1-3-9-16-10-11-17-15(18)12-19-14-7-5-13(4-2)6-8-14/h5-8,16H,3-4,9-12H2,1-2H3,(H,17,18). The van der Waals surface area contributed by atoms with Crippen molar-refractivity contribution in [1.29, 1.82) is 0 Å². The second-order valence-corrected chi connectivity index (χ2v) is 4.39. The number of ether oxygens (including phenoxy) is 1. The van der Waals surface area contributed by atoms with E-state index in [2.05, 4.69) is 24.5 Å². The summed E-state index contributed by atoms with van der Waals surface area (Å²) in [7, 11) is 0. The Labute approximate surface area is 115 Å². The summed E-state index contributed by atoms with van der Waals surface area (Å²) in [5, 5.41) is 6.03. The van der Waals surface area contributed by atoms with Crippen LogP contribution < -0.4 is 15.4 Å². The maximum Gasteiger partial charge on any atom is 0.257 e. The van der Waals surface area contributed by atoms with Crippen LogP contribution in [0.2, 0.25) is 0 Å². The third-order valence-corrected chi connectivity index (χ3v) is 2.75. The first-order chi connectivity index (χ1) is 9.26. The molecule has 1 aromatic carbocycles. The molecule has 4 heteroatoms. The van der Waals surface area contributed by atoms with E-state index in [1.807, 2.05) is 24.3 Å². The predicted octanol–water partition coefficient (Wildman–Crippen LogP) is 1.74. The van der Waals surface area contributed by atoms with E-state index < -0.39 is 0 Å². The van der Waals surface area contributed by atoms with Crippen LogP contribution in [0.25, 0.3) is 0 Å². The van der Waals surface area contributed by atoms with Crippen LogP contribution in [0.5, 0.6) is 5.75 Å². The molecule has 0 atom stereocenters. The number of aryl methyl sites for hydroxylation is 1. The molecule has 1 aromatic rings. The molecule has 4 nitrogen and oxygen atoms in total. The first kappa shape index (κ1) is 15.5. The number of carbonyl (C=O) groups excluding carboxylic acids is 1. The van der Waals surface area contributed by atoms with Crippen molar-refractivity contribution in [2.24, 2.45) is 0 Å². The third-order valence-electron chi connectivity index (χ3n) is 2.75. The number of benzene rings is 1. The van der Waals surface area contributed by atoms with Crippen LogP contribution in [0.3, 0.4) is 0 Å². The largest absolute Gasteiger partial charge is 0.484 e. The van der Waals surface area contributed by atoms with Gasteiger partial charge in [-0.1, -0.05) is 26.0 Å². The molecule has 0 aliphatic heterocycles. The fourth-order valence-corrected chi connectivity index (χ4v) is 1.61. The van der Waals surface area contributed by atoms with Gasteiger partial charge in [0, 0.05) is 13.1 Å². The van der Waals surface area contributed by atoms with E-state index in [0.717, 1.165) is 31.7 Å². The van der Waals surface area contributed by atoms with Crippen molar-refractivity contribution < 1.29 is 9.53 Å². The van der Waals surface area contributed by atoms with Crippen LogP contribution in [-0.2, 0) is 11.2 Å². The second-order valence-electron chi connectivity index (χ2n) is 4.39. The molecule has 106 valence electrons. The van der Waals surface area contributed by atoms with Gasteiger partial charge in [0.1, 0.15) is 5.75 Å².